The molecule has 3 aromatic carbocycles. The van der Waals surface area contributed by atoms with Crippen molar-refractivity contribution in [3.63, 3.8) is 0 Å². The van der Waals surface area contributed by atoms with Crippen molar-refractivity contribution >= 4 is 11.9 Å². The summed E-state index contributed by atoms with van der Waals surface area (Å²) in [5.41, 5.74) is 3.11. The molecule has 1 heterocycles. The Morgan fingerprint density at radius 3 is 2.52 bits per heavy atom. The van der Waals surface area contributed by atoms with Crippen LogP contribution in [0.25, 0.3) is 6.08 Å². The maximum Gasteiger partial charge on any atom is 0.231 e. The Balaban J connectivity index is 1.50. The number of hydrogen-bond donors (Lipinski definition) is 0. The predicted octanol–water partition coefficient (Wildman–Crippen LogP) is 6.14. The van der Waals surface area contributed by atoms with E-state index in [1.54, 1.807) is 42.5 Å². The van der Waals surface area contributed by atoms with Crippen molar-refractivity contribution in [3.05, 3.63) is 101 Å². The van der Waals surface area contributed by atoms with Crippen LogP contribution in [0, 0.1) is 5.82 Å². The summed E-state index contributed by atoms with van der Waals surface area (Å²) in [4.78, 5) is 12.6. The van der Waals surface area contributed by atoms with Crippen LogP contribution >= 0.6 is 0 Å². The summed E-state index contributed by atoms with van der Waals surface area (Å²) in [6, 6.07) is 19.6. The topological polar surface area (TPSA) is 35.5 Å². The van der Waals surface area contributed by atoms with Gasteiger partial charge in [0.15, 0.2) is 5.76 Å². The molecule has 4 rings (SSSR count). The molecule has 0 unspecified atom stereocenters. The number of Topliss-reactive ketones (excluding diaryl/α,β-unsaturated/α-hetero) is 1. The van der Waals surface area contributed by atoms with E-state index in [4.69, 9.17) is 9.47 Å². The summed E-state index contributed by atoms with van der Waals surface area (Å²) >= 11 is 0. The third-order valence-electron chi connectivity index (χ3n) is 4.89. The lowest BCUT2D eigenvalue weighted by atomic mass is 10.0. The zero-order valence-corrected chi connectivity index (χ0v) is 16.3. The summed E-state index contributed by atoms with van der Waals surface area (Å²) < 4.78 is 25.2. The normalized spacial score (nSPS) is 14.2. The van der Waals surface area contributed by atoms with E-state index in [-0.39, 0.29) is 24.0 Å². The van der Waals surface area contributed by atoms with Gasteiger partial charge in [0.25, 0.3) is 0 Å². The molecule has 0 aromatic heterocycles. The van der Waals surface area contributed by atoms with Gasteiger partial charge in [0.05, 0.1) is 5.56 Å². The molecule has 0 spiro atoms. The summed E-state index contributed by atoms with van der Waals surface area (Å²) in [5.74, 6) is 1.23. The number of allylic oxidation sites excluding steroid dienone is 1. The Bertz CT molecular complexity index is 1080. The molecule has 0 radical (unpaired) electrons. The maximum absolute atomic E-state index is 13.7. The Morgan fingerprint density at radius 1 is 1.03 bits per heavy atom. The number of fused-ring (bicyclic) bond motifs is 1. The zero-order chi connectivity index (χ0) is 20.4. The molecule has 0 saturated heterocycles. The highest BCUT2D eigenvalue weighted by molar-refractivity contribution is 6.14. The molecule has 4 heteroatoms. The Morgan fingerprint density at radius 2 is 1.79 bits per heavy atom. The Labute approximate surface area is 169 Å². The molecule has 146 valence electrons. The van der Waals surface area contributed by atoms with Crippen LogP contribution in [0.4, 0.5) is 4.39 Å². The molecule has 0 bridgehead atoms. The standard InChI is InChI=1S/C25H21FO3/c1-16(2)18-9-7-17(8-10-18)13-24-25(27)21-12-11-20(14-23(21)29-24)28-15-19-5-3-4-6-22(19)26/h3-14,16H,15H2,1-2H3/b24-13-. The molecule has 0 fully saturated rings. The third kappa shape index (κ3) is 4.06. The number of hydrogen-bond acceptors (Lipinski definition) is 3. The van der Waals surface area contributed by atoms with Gasteiger partial charge < -0.3 is 9.47 Å². The third-order valence-corrected chi connectivity index (χ3v) is 4.89. The fourth-order valence-electron chi connectivity index (χ4n) is 3.16. The van der Waals surface area contributed by atoms with Crippen LogP contribution in [-0.4, -0.2) is 5.78 Å². The van der Waals surface area contributed by atoms with E-state index in [0.717, 1.165) is 5.56 Å². The quantitative estimate of drug-likeness (QED) is 0.492. The Hall–Kier alpha value is -3.40. The van der Waals surface area contributed by atoms with Gasteiger partial charge in [0.2, 0.25) is 5.78 Å². The molecule has 0 atom stereocenters. The summed E-state index contributed by atoms with van der Waals surface area (Å²) in [5, 5.41) is 0. The van der Waals surface area contributed by atoms with Crippen molar-refractivity contribution < 1.29 is 18.7 Å². The molecular formula is C25H21FO3. The van der Waals surface area contributed by atoms with Gasteiger partial charge >= 0.3 is 0 Å². The van der Waals surface area contributed by atoms with Crippen LogP contribution in [0.15, 0.2) is 72.5 Å². The number of benzene rings is 3. The molecule has 3 nitrogen and oxygen atoms in total. The van der Waals surface area contributed by atoms with Crippen LogP contribution in [0.3, 0.4) is 0 Å². The first-order chi connectivity index (χ1) is 14.0. The zero-order valence-electron chi connectivity index (χ0n) is 16.3. The SMILES string of the molecule is CC(C)c1ccc(/C=C2\Oc3cc(OCc4ccccc4F)ccc3C2=O)cc1. The van der Waals surface area contributed by atoms with Crippen molar-refractivity contribution in [2.24, 2.45) is 0 Å². The highest BCUT2D eigenvalue weighted by Crippen LogP contribution is 2.35. The molecule has 29 heavy (non-hydrogen) atoms. The van der Waals surface area contributed by atoms with Gasteiger partial charge in [-0.3, -0.25) is 4.79 Å². The highest BCUT2D eigenvalue weighted by Gasteiger charge is 2.27. The second-order valence-corrected chi connectivity index (χ2v) is 7.30. The Kier molecular flexibility index (Phi) is 5.17. The van der Waals surface area contributed by atoms with E-state index >= 15 is 0 Å². The lowest BCUT2D eigenvalue weighted by Crippen LogP contribution is -1.98. The van der Waals surface area contributed by atoms with Gasteiger partial charge in [-0.25, -0.2) is 4.39 Å². The fraction of sp³-hybridized carbons (Fsp3) is 0.160. The number of ketones is 1. The smallest absolute Gasteiger partial charge is 0.231 e. The molecular weight excluding hydrogens is 367 g/mol. The number of carbonyl (C=O) groups excluding carboxylic acids is 1. The van der Waals surface area contributed by atoms with Crippen LogP contribution in [0.2, 0.25) is 0 Å². The largest absolute Gasteiger partial charge is 0.489 e. The number of ether oxygens (including phenoxy) is 2. The first kappa shape index (κ1) is 18.9. The second-order valence-electron chi connectivity index (χ2n) is 7.30. The van der Waals surface area contributed by atoms with Gasteiger partial charge in [0.1, 0.15) is 23.9 Å². The fourth-order valence-corrected chi connectivity index (χ4v) is 3.16. The highest BCUT2D eigenvalue weighted by atomic mass is 19.1. The van der Waals surface area contributed by atoms with E-state index in [1.807, 2.05) is 12.1 Å². The van der Waals surface area contributed by atoms with Crippen molar-refractivity contribution in [1.82, 2.24) is 0 Å². The molecule has 1 aliphatic heterocycles. The van der Waals surface area contributed by atoms with Crippen molar-refractivity contribution in [2.45, 2.75) is 26.4 Å². The molecule has 0 amide bonds. The average molecular weight is 388 g/mol. The summed E-state index contributed by atoms with van der Waals surface area (Å²) in [6.45, 7) is 4.38. The van der Waals surface area contributed by atoms with E-state index in [1.165, 1.54) is 11.6 Å². The minimum atomic E-state index is -0.311. The minimum Gasteiger partial charge on any atom is -0.489 e. The van der Waals surface area contributed by atoms with E-state index < -0.39 is 0 Å². The van der Waals surface area contributed by atoms with Crippen LogP contribution in [0.5, 0.6) is 11.5 Å². The average Bonchev–Trinajstić information content (AvgIpc) is 3.02. The van der Waals surface area contributed by atoms with E-state index in [0.29, 0.717) is 28.5 Å². The summed E-state index contributed by atoms with van der Waals surface area (Å²) in [6.07, 6.45) is 1.74. The molecule has 0 saturated carbocycles. The lowest BCUT2D eigenvalue weighted by molar-refractivity contribution is 0.101. The van der Waals surface area contributed by atoms with E-state index in [9.17, 15) is 9.18 Å². The maximum atomic E-state index is 13.7. The van der Waals surface area contributed by atoms with Crippen LogP contribution in [-0.2, 0) is 6.61 Å². The van der Waals surface area contributed by atoms with E-state index in [2.05, 4.69) is 26.0 Å². The second kappa shape index (κ2) is 7.92. The van der Waals surface area contributed by atoms with Gasteiger partial charge in [-0.2, -0.15) is 0 Å². The van der Waals surface area contributed by atoms with Crippen molar-refractivity contribution in [3.8, 4) is 11.5 Å². The summed E-state index contributed by atoms with van der Waals surface area (Å²) in [7, 11) is 0. The molecule has 0 N–H and O–H groups in total. The first-order valence-electron chi connectivity index (χ1n) is 9.56. The van der Waals surface area contributed by atoms with Gasteiger partial charge in [-0.1, -0.05) is 56.3 Å². The van der Waals surface area contributed by atoms with Crippen molar-refractivity contribution in [2.75, 3.05) is 0 Å². The lowest BCUT2D eigenvalue weighted by Gasteiger charge is -2.08. The number of rotatable bonds is 5. The van der Waals surface area contributed by atoms with Crippen molar-refractivity contribution in [1.29, 1.82) is 0 Å². The number of carbonyl (C=O) groups is 1. The molecule has 0 aliphatic carbocycles. The predicted molar refractivity (Wildman–Crippen MR) is 111 cm³/mol. The van der Waals surface area contributed by atoms with Crippen LogP contribution < -0.4 is 9.47 Å². The van der Waals surface area contributed by atoms with Gasteiger partial charge in [-0.15, -0.1) is 0 Å². The minimum absolute atomic E-state index is 0.101. The first-order valence-corrected chi connectivity index (χ1v) is 9.56. The number of halogens is 1. The monoisotopic (exact) mass is 388 g/mol. The van der Waals surface area contributed by atoms with Crippen LogP contribution in [0.1, 0.15) is 46.8 Å². The van der Waals surface area contributed by atoms with Gasteiger partial charge in [0, 0.05) is 11.6 Å². The van der Waals surface area contributed by atoms with Gasteiger partial charge in [-0.05, 0) is 41.3 Å². The molecule has 1 aliphatic rings. The molecule has 3 aromatic rings.